The van der Waals surface area contributed by atoms with E-state index in [1.807, 2.05) is 30.5 Å². The highest BCUT2D eigenvalue weighted by Gasteiger charge is 2.28. The number of para-hydroxylation sites is 1. The SMILES string of the molecule is C.CC(=O)NCC1CCC(c2nc(-c3cc4cccc(OC(C)C)c4[nH]3)c3c(N)ncnn23)CC1. The molecule has 0 saturated heterocycles. The lowest BCUT2D eigenvalue weighted by molar-refractivity contribution is -0.119. The smallest absolute Gasteiger partial charge is 0.216 e. The lowest BCUT2D eigenvalue weighted by Crippen LogP contribution is -2.29. The minimum absolute atomic E-state index is 0. The number of anilines is 1. The molecule has 1 amide bonds. The molecule has 0 unspecified atom stereocenters. The number of nitrogen functional groups attached to an aromatic ring is 1. The molecule has 1 saturated carbocycles. The molecule has 1 aromatic carbocycles. The van der Waals surface area contributed by atoms with Crippen LogP contribution in [0.1, 0.15) is 65.6 Å². The van der Waals surface area contributed by atoms with Gasteiger partial charge < -0.3 is 20.8 Å². The highest BCUT2D eigenvalue weighted by molar-refractivity contribution is 5.93. The zero-order valence-corrected chi connectivity index (χ0v) is 19.8. The molecule has 35 heavy (non-hydrogen) atoms. The van der Waals surface area contributed by atoms with Crippen LogP contribution >= 0.6 is 0 Å². The van der Waals surface area contributed by atoms with Gasteiger partial charge in [-0.3, -0.25) is 4.79 Å². The molecule has 4 aromatic rings. The average molecular weight is 478 g/mol. The van der Waals surface area contributed by atoms with E-state index in [1.165, 1.54) is 6.33 Å². The second kappa shape index (κ2) is 9.93. The number of hydrogen-bond donors (Lipinski definition) is 3. The number of hydrogen-bond acceptors (Lipinski definition) is 6. The van der Waals surface area contributed by atoms with Crippen molar-refractivity contribution in [3.8, 4) is 17.1 Å². The number of nitrogens with two attached hydrogens (primary N) is 1. The summed E-state index contributed by atoms with van der Waals surface area (Å²) in [5.41, 5.74) is 9.59. The Labute approximate surface area is 205 Å². The van der Waals surface area contributed by atoms with E-state index >= 15 is 0 Å². The van der Waals surface area contributed by atoms with Gasteiger partial charge in [-0.05, 0) is 57.6 Å². The predicted molar refractivity (Wildman–Crippen MR) is 138 cm³/mol. The van der Waals surface area contributed by atoms with Gasteiger partial charge in [-0.1, -0.05) is 19.6 Å². The van der Waals surface area contributed by atoms with Crippen molar-refractivity contribution in [1.82, 2.24) is 29.9 Å². The Morgan fingerprint density at radius 2 is 2.06 bits per heavy atom. The minimum atomic E-state index is 0. The molecular weight excluding hydrogens is 442 g/mol. The van der Waals surface area contributed by atoms with Crippen LogP contribution in [0.25, 0.3) is 27.8 Å². The topological polar surface area (TPSA) is 123 Å². The van der Waals surface area contributed by atoms with E-state index in [1.54, 1.807) is 6.92 Å². The van der Waals surface area contributed by atoms with Gasteiger partial charge in [0.05, 0.1) is 17.3 Å². The highest BCUT2D eigenvalue weighted by atomic mass is 16.5. The number of amides is 1. The van der Waals surface area contributed by atoms with Gasteiger partial charge in [0.2, 0.25) is 5.91 Å². The van der Waals surface area contributed by atoms with Crippen LogP contribution in [0.4, 0.5) is 5.82 Å². The quantitative estimate of drug-likeness (QED) is 0.370. The van der Waals surface area contributed by atoms with E-state index < -0.39 is 0 Å². The molecule has 0 bridgehead atoms. The first-order chi connectivity index (χ1) is 16.4. The van der Waals surface area contributed by atoms with Crippen molar-refractivity contribution < 1.29 is 9.53 Å². The maximum Gasteiger partial charge on any atom is 0.216 e. The van der Waals surface area contributed by atoms with E-state index in [0.717, 1.165) is 71.6 Å². The van der Waals surface area contributed by atoms with Gasteiger partial charge in [0.25, 0.3) is 0 Å². The number of aromatic nitrogens is 5. The third kappa shape index (κ3) is 4.80. The van der Waals surface area contributed by atoms with Crippen LogP contribution in [0.15, 0.2) is 30.6 Å². The summed E-state index contributed by atoms with van der Waals surface area (Å²) < 4.78 is 7.86. The van der Waals surface area contributed by atoms with E-state index in [0.29, 0.717) is 11.7 Å². The summed E-state index contributed by atoms with van der Waals surface area (Å²) in [4.78, 5) is 24.1. The molecule has 0 radical (unpaired) electrons. The van der Waals surface area contributed by atoms with Gasteiger partial charge >= 0.3 is 0 Å². The molecule has 1 aliphatic rings. The number of benzene rings is 1. The van der Waals surface area contributed by atoms with Gasteiger partial charge in [0, 0.05) is 24.8 Å². The van der Waals surface area contributed by atoms with Crippen LogP contribution in [0.3, 0.4) is 0 Å². The number of H-pyrrole nitrogens is 1. The first-order valence-electron chi connectivity index (χ1n) is 11.9. The van der Waals surface area contributed by atoms with Crippen molar-refractivity contribution in [2.75, 3.05) is 12.3 Å². The third-order valence-electron chi connectivity index (χ3n) is 6.57. The Morgan fingerprint density at radius 1 is 1.29 bits per heavy atom. The van der Waals surface area contributed by atoms with E-state index in [-0.39, 0.29) is 25.4 Å². The molecule has 9 nitrogen and oxygen atoms in total. The van der Waals surface area contributed by atoms with Crippen molar-refractivity contribution >= 4 is 28.1 Å². The van der Waals surface area contributed by atoms with Crippen molar-refractivity contribution in [3.63, 3.8) is 0 Å². The van der Waals surface area contributed by atoms with Gasteiger partial charge in [-0.2, -0.15) is 5.10 Å². The number of aromatic amines is 1. The summed E-state index contributed by atoms with van der Waals surface area (Å²) >= 11 is 0. The fraction of sp³-hybridized carbons (Fsp3) is 0.462. The van der Waals surface area contributed by atoms with Crippen LogP contribution in [0.2, 0.25) is 0 Å². The molecule has 186 valence electrons. The van der Waals surface area contributed by atoms with Crippen LogP contribution in [-0.4, -0.2) is 43.1 Å². The predicted octanol–water partition coefficient (Wildman–Crippen LogP) is 4.69. The number of carbonyl (C=O) groups excluding carboxylic acids is 1. The number of imidazole rings is 1. The maximum atomic E-state index is 11.3. The number of ether oxygens (including phenoxy) is 1. The molecule has 0 aliphatic heterocycles. The van der Waals surface area contributed by atoms with Crippen molar-refractivity contribution in [2.45, 2.75) is 65.9 Å². The van der Waals surface area contributed by atoms with Crippen molar-refractivity contribution in [1.29, 1.82) is 0 Å². The zero-order valence-electron chi connectivity index (χ0n) is 19.8. The highest BCUT2D eigenvalue weighted by Crippen LogP contribution is 2.39. The Balaban J connectivity index is 0.00000289. The van der Waals surface area contributed by atoms with Crippen molar-refractivity contribution in [2.24, 2.45) is 5.92 Å². The number of nitrogens with zero attached hydrogens (tertiary/aromatic N) is 4. The fourth-order valence-electron chi connectivity index (χ4n) is 4.95. The summed E-state index contributed by atoms with van der Waals surface area (Å²) in [5.74, 6) is 2.92. The Kier molecular flexibility index (Phi) is 6.95. The molecule has 1 fully saturated rings. The number of nitrogens with one attached hydrogen (secondary N) is 2. The number of carbonyl (C=O) groups is 1. The summed E-state index contributed by atoms with van der Waals surface area (Å²) in [6, 6.07) is 8.09. The zero-order chi connectivity index (χ0) is 23.8. The van der Waals surface area contributed by atoms with Gasteiger partial charge in [0.1, 0.15) is 29.1 Å². The molecule has 3 aromatic heterocycles. The third-order valence-corrected chi connectivity index (χ3v) is 6.57. The lowest BCUT2D eigenvalue weighted by atomic mass is 9.81. The molecule has 0 atom stereocenters. The average Bonchev–Trinajstić information content (AvgIpc) is 3.41. The second-order valence-corrected chi connectivity index (χ2v) is 9.45. The number of rotatable bonds is 6. The molecule has 1 aliphatic carbocycles. The molecule has 4 N–H and O–H groups in total. The van der Waals surface area contributed by atoms with Gasteiger partial charge in [-0.25, -0.2) is 14.5 Å². The second-order valence-electron chi connectivity index (χ2n) is 9.45. The summed E-state index contributed by atoms with van der Waals surface area (Å²) in [7, 11) is 0. The maximum absolute atomic E-state index is 11.3. The Morgan fingerprint density at radius 3 is 2.77 bits per heavy atom. The van der Waals surface area contributed by atoms with Crippen LogP contribution in [0.5, 0.6) is 5.75 Å². The van der Waals surface area contributed by atoms with Gasteiger partial charge in [0.15, 0.2) is 5.82 Å². The Hall–Kier alpha value is -3.62. The molecule has 3 heterocycles. The monoisotopic (exact) mass is 477 g/mol. The molecule has 0 spiro atoms. The fourth-order valence-corrected chi connectivity index (χ4v) is 4.95. The first-order valence-corrected chi connectivity index (χ1v) is 11.9. The first kappa shape index (κ1) is 24.5. The van der Waals surface area contributed by atoms with Crippen LogP contribution < -0.4 is 15.8 Å². The largest absolute Gasteiger partial charge is 0.489 e. The van der Waals surface area contributed by atoms with Crippen molar-refractivity contribution in [3.05, 3.63) is 36.4 Å². The molecular formula is C26H35N7O2. The summed E-state index contributed by atoms with van der Waals surface area (Å²) in [6.07, 6.45) is 5.62. The van der Waals surface area contributed by atoms with E-state index in [2.05, 4.69) is 32.5 Å². The molecule has 9 heteroatoms. The van der Waals surface area contributed by atoms with E-state index in [4.69, 9.17) is 15.5 Å². The lowest BCUT2D eigenvalue weighted by Gasteiger charge is -2.27. The van der Waals surface area contributed by atoms with Crippen LogP contribution in [0, 0.1) is 5.92 Å². The summed E-state index contributed by atoms with van der Waals surface area (Å²) in [5, 5.41) is 8.52. The standard InChI is InChI=1S/C25H31N7O2.CH4/c1-14(2)34-20-6-4-5-18-11-19(30-21(18)20)22-23-24(26)28-13-29-32(23)25(31-22)17-9-7-16(8-10-17)12-27-15(3)33;/h4-6,11,13-14,16-17,30H,7-10,12H2,1-3H3,(H,27,33)(H2,26,28,29);1H4. The Bertz CT molecular complexity index is 1330. The normalized spacial score (nSPS) is 18.1. The number of fused-ring (bicyclic) bond motifs is 2. The van der Waals surface area contributed by atoms with Gasteiger partial charge in [-0.15, -0.1) is 0 Å². The summed E-state index contributed by atoms with van der Waals surface area (Å²) in [6.45, 7) is 6.33. The van der Waals surface area contributed by atoms with E-state index in [9.17, 15) is 4.79 Å². The molecule has 5 rings (SSSR count). The van der Waals surface area contributed by atoms with Crippen LogP contribution in [-0.2, 0) is 4.79 Å². The minimum Gasteiger partial charge on any atom is -0.489 e.